The number of hydroxylamine groups is 1. The Kier molecular flexibility index (Phi) is 8.14. The van der Waals surface area contributed by atoms with Crippen LogP contribution < -0.4 is 10.8 Å². The molecule has 0 saturated carbocycles. The molecule has 0 aromatic rings. The lowest BCUT2D eigenvalue weighted by Crippen LogP contribution is -2.43. The number of hydrogen-bond acceptors (Lipinski definition) is 5. The van der Waals surface area contributed by atoms with Gasteiger partial charge in [-0.05, 0) is 46.0 Å². The normalized spacial score (nSPS) is 21.3. The molecule has 1 saturated heterocycles. The zero-order valence-corrected chi connectivity index (χ0v) is 14.6. The fourth-order valence-corrected chi connectivity index (χ4v) is 2.23. The fraction of sp³-hybridized carbons (Fsp3) is 0.938. The molecule has 130 valence electrons. The van der Waals surface area contributed by atoms with E-state index in [2.05, 4.69) is 24.6 Å². The Hall–Kier alpha value is -0.850. The average molecular weight is 316 g/mol. The van der Waals surface area contributed by atoms with Gasteiger partial charge in [0.05, 0.1) is 0 Å². The number of nitrogens with one attached hydrogen (secondary N) is 2. The molecule has 0 aromatic heterocycles. The quantitative estimate of drug-likeness (QED) is 0.737. The van der Waals surface area contributed by atoms with Gasteiger partial charge in [-0.2, -0.15) is 5.48 Å². The molecule has 0 radical (unpaired) electrons. The summed E-state index contributed by atoms with van der Waals surface area (Å²) in [5, 5.41) is 3.52. The maximum atomic E-state index is 11.6. The summed E-state index contributed by atoms with van der Waals surface area (Å²) < 4.78 is 10.6. The summed E-state index contributed by atoms with van der Waals surface area (Å²) in [6.07, 6.45) is 2.56. The van der Waals surface area contributed by atoms with Crippen LogP contribution in [0, 0.1) is 5.92 Å². The molecule has 1 fully saturated rings. The van der Waals surface area contributed by atoms with Gasteiger partial charge in [0, 0.05) is 25.8 Å². The molecule has 22 heavy (non-hydrogen) atoms. The van der Waals surface area contributed by atoms with Crippen LogP contribution in [0.15, 0.2) is 0 Å². The first kappa shape index (κ1) is 19.2. The van der Waals surface area contributed by atoms with Crippen LogP contribution in [0.3, 0.4) is 0 Å². The summed E-state index contributed by atoms with van der Waals surface area (Å²) in [6, 6.07) is 0.453. The van der Waals surface area contributed by atoms with Crippen LogP contribution in [0.4, 0.5) is 4.79 Å². The summed E-state index contributed by atoms with van der Waals surface area (Å²) in [6.45, 7) is 12.0. The van der Waals surface area contributed by atoms with Crippen LogP contribution in [0.2, 0.25) is 0 Å². The van der Waals surface area contributed by atoms with Gasteiger partial charge in [-0.1, -0.05) is 13.8 Å². The van der Waals surface area contributed by atoms with Crippen molar-refractivity contribution < 1.29 is 19.1 Å². The van der Waals surface area contributed by atoms with Crippen molar-refractivity contribution in [2.45, 2.75) is 71.6 Å². The Morgan fingerprint density at radius 2 is 2.00 bits per heavy atom. The molecule has 1 aliphatic heterocycles. The van der Waals surface area contributed by atoms with E-state index in [0.29, 0.717) is 12.6 Å². The summed E-state index contributed by atoms with van der Waals surface area (Å²) in [5.41, 5.74) is 1.87. The van der Waals surface area contributed by atoms with E-state index in [-0.39, 0.29) is 12.0 Å². The summed E-state index contributed by atoms with van der Waals surface area (Å²) >= 11 is 0. The van der Waals surface area contributed by atoms with Gasteiger partial charge < -0.3 is 14.8 Å². The molecular weight excluding hydrogens is 284 g/mol. The summed E-state index contributed by atoms with van der Waals surface area (Å²) in [4.78, 5) is 17.2. The van der Waals surface area contributed by atoms with Crippen molar-refractivity contribution in [2.24, 2.45) is 5.92 Å². The molecule has 0 spiro atoms. The number of ether oxygens (including phenoxy) is 2. The second-order valence-electron chi connectivity index (χ2n) is 7.15. The van der Waals surface area contributed by atoms with Crippen LogP contribution >= 0.6 is 0 Å². The molecular formula is C16H32N2O4. The van der Waals surface area contributed by atoms with Crippen LogP contribution in [0.25, 0.3) is 0 Å². The van der Waals surface area contributed by atoms with E-state index in [1.165, 1.54) is 0 Å². The average Bonchev–Trinajstić information content (AvgIpc) is 2.64. The largest absolute Gasteiger partial charge is 0.442 e. The van der Waals surface area contributed by atoms with Crippen LogP contribution in [0.5, 0.6) is 0 Å². The molecule has 2 atom stereocenters. The first-order valence-corrected chi connectivity index (χ1v) is 8.23. The molecule has 1 rings (SSSR count). The second-order valence-corrected chi connectivity index (χ2v) is 7.15. The molecule has 0 aromatic carbocycles. The highest BCUT2D eigenvalue weighted by Gasteiger charge is 2.21. The molecule has 2 N–H and O–H groups in total. The molecule has 1 amide bonds. The Balaban J connectivity index is 2.33. The molecule has 2 unspecified atom stereocenters. The van der Waals surface area contributed by atoms with E-state index < -0.39 is 11.7 Å². The Bertz CT molecular complexity index is 321. The minimum atomic E-state index is -0.555. The Morgan fingerprint density at radius 3 is 2.64 bits per heavy atom. The van der Waals surface area contributed by atoms with Crippen molar-refractivity contribution in [1.82, 2.24) is 10.8 Å². The lowest BCUT2D eigenvalue weighted by atomic mass is 10.1. The first-order chi connectivity index (χ1) is 10.3. The second kappa shape index (κ2) is 9.33. The number of rotatable bonds is 6. The van der Waals surface area contributed by atoms with E-state index in [4.69, 9.17) is 14.3 Å². The maximum absolute atomic E-state index is 11.6. The smallest absolute Gasteiger partial charge is 0.431 e. The van der Waals surface area contributed by atoms with E-state index in [0.717, 1.165) is 32.5 Å². The zero-order chi connectivity index (χ0) is 16.6. The molecule has 6 heteroatoms. The highest BCUT2D eigenvalue weighted by atomic mass is 16.7. The Labute approximate surface area is 134 Å². The lowest BCUT2D eigenvalue weighted by molar-refractivity contribution is -0.0577. The third kappa shape index (κ3) is 8.56. The minimum Gasteiger partial charge on any atom is -0.442 e. The van der Waals surface area contributed by atoms with Gasteiger partial charge in [-0.25, -0.2) is 4.79 Å². The first-order valence-electron chi connectivity index (χ1n) is 8.23. The molecule has 1 heterocycles. The van der Waals surface area contributed by atoms with Gasteiger partial charge in [0.15, 0.2) is 0 Å². The highest BCUT2D eigenvalue weighted by molar-refractivity contribution is 5.66. The molecule has 0 bridgehead atoms. The zero-order valence-electron chi connectivity index (χ0n) is 14.6. The van der Waals surface area contributed by atoms with Gasteiger partial charge in [0.25, 0.3) is 0 Å². The predicted octanol–water partition coefficient (Wildman–Crippen LogP) is 2.63. The van der Waals surface area contributed by atoms with Crippen molar-refractivity contribution in [3.05, 3.63) is 0 Å². The van der Waals surface area contributed by atoms with Crippen LogP contribution in [-0.4, -0.2) is 43.6 Å². The number of hydrogen-bond donors (Lipinski definition) is 2. The van der Waals surface area contributed by atoms with Gasteiger partial charge in [-0.3, -0.25) is 4.84 Å². The standard InChI is InChI=1S/C16H32N2O4/c1-12(2)14(22-18-15(19)21-16(3,4)5)11-17-13-7-6-9-20-10-8-13/h12-14,17H,6-11H2,1-5H3,(H,18,19). The number of carbonyl (C=O) groups is 1. The lowest BCUT2D eigenvalue weighted by Gasteiger charge is -2.25. The van der Waals surface area contributed by atoms with Crippen LogP contribution in [0.1, 0.15) is 53.9 Å². The fourth-order valence-electron chi connectivity index (χ4n) is 2.23. The van der Waals surface area contributed by atoms with E-state index in [1.54, 1.807) is 0 Å². The number of carbonyl (C=O) groups excluding carboxylic acids is 1. The van der Waals surface area contributed by atoms with Gasteiger partial charge in [-0.15, -0.1) is 0 Å². The van der Waals surface area contributed by atoms with Crippen molar-refractivity contribution in [3.63, 3.8) is 0 Å². The van der Waals surface area contributed by atoms with E-state index in [9.17, 15) is 4.79 Å². The highest BCUT2D eigenvalue weighted by Crippen LogP contribution is 2.11. The van der Waals surface area contributed by atoms with Gasteiger partial charge in [0.2, 0.25) is 0 Å². The van der Waals surface area contributed by atoms with Gasteiger partial charge >= 0.3 is 6.09 Å². The predicted molar refractivity (Wildman–Crippen MR) is 85.5 cm³/mol. The maximum Gasteiger partial charge on any atom is 0.431 e. The van der Waals surface area contributed by atoms with Gasteiger partial charge in [0.1, 0.15) is 11.7 Å². The van der Waals surface area contributed by atoms with Crippen molar-refractivity contribution >= 4 is 6.09 Å². The molecule has 0 aliphatic carbocycles. The number of amides is 1. The Morgan fingerprint density at radius 1 is 1.27 bits per heavy atom. The SMILES string of the molecule is CC(C)C(CNC1CCCOCC1)ONC(=O)OC(C)(C)C. The van der Waals surface area contributed by atoms with Crippen LogP contribution in [-0.2, 0) is 14.3 Å². The third-order valence-corrected chi connectivity index (χ3v) is 3.50. The summed E-state index contributed by atoms with van der Waals surface area (Å²) in [5.74, 6) is 0.282. The molecule has 6 nitrogen and oxygen atoms in total. The van der Waals surface area contributed by atoms with E-state index >= 15 is 0 Å². The third-order valence-electron chi connectivity index (χ3n) is 3.50. The van der Waals surface area contributed by atoms with E-state index in [1.807, 2.05) is 20.8 Å². The topological polar surface area (TPSA) is 68.8 Å². The van der Waals surface area contributed by atoms with Crippen molar-refractivity contribution in [3.8, 4) is 0 Å². The van der Waals surface area contributed by atoms with Crippen molar-refractivity contribution in [2.75, 3.05) is 19.8 Å². The monoisotopic (exact) mass is 316 g/mol. The molecule has 1 aliphatic rings. The summed E-state index contributed by atoms with van der Waals surface area (Å²) in [7, 11) is 0. The van der Waals surface area contributed by atoms with Crippen molar-refractivity contribution in [1.29, 1.82) is 0 Å². The minimum absolute atomic E-state index is 0.100.